The van der Waals surface area contributed by atoms with Crippen LogP contribution in [0.25, 0.3) is 0 Å². The Bertz CT molecular complexity index is 642. The van der Waals surface area contributed by atoms with Crippen LogP contribution >= 0.6 is 36.4 Å². The van der Waals surface area contributed by atoms with Gasteiger partial charge in [-0.3, -0.25) is 9.78 Å². The molecule has 0 radical (unpaired) electrons. The number of anilines is 1. The summed E-state index contributed by atoms with van der Waals surface area (Å²) >= 11 is 6.17. The van der Waals surface area contributed by atoms with E-state index in [9.17, 15) is 4.79 Å². The molecule has 0 aliphatic rings. The van der Waals surface area contributed by atoms with Crippen molar-refractivity contribution in [2.75, 3.05) is 5.32 Å². The summed E-state index contributed by atoms with van der Waals surface area (Å²) in [6, 6.07) is 8.31. The number of nitrogens with one attached hydrogen (secondary N) is 1. The number of rotatable bonds is 6. The Hall–Kier alpha value is -1.53. The number of benzene rings is 1. The number of ether oxygens (including phenoxy) is 1. The standard InChI is InChI=1S/C16H18ClN3O2.2ClH/c1-2-14(18)16(21)20-12-5-6-15(13(17)8-12)22-10-11-4-3-7-19-9-11;;/h3-9,14H,2,10,18H2,1H3,(H,20,21);2*1H/t14-;;/m0../s1. The first kappa shape index (κ1) is 22.5. The molecule has 1 aromatic heterocycles. The summed E-state index contributed by atoms with van der Waals surface area (Å²) in [6.45, 7) is 2.23. The van der Waals surface area contributed by atoms with Gasteiger partial charge < -0.3 is 15.8 Å². The molecule has 1 amide bonds. The lowest BCUT2D eigenvalue weighted by molar-refractivity contribution is -0.117. The number of amides is 1. The third-order valence-electron chi connectivity index (χ3n) is 3.09. The molecule has 1 heterocycles. The summed E-state index contributed by atoms with van der Waals surface area (Å²) in [6.07, 6.45) is 4.01. The zero-order valence-electron chi connectivity index (χ0n) is 13.1. The van der Waals surface area contributed by atoms with Crippen LogP contribution < -0.4 is 15.8 Å². The first-order valence-electron chi connectivity index (χ1n) is 6.98. The van der Waals surface area contributed by atoms with Gasteiger partial charge in [-0.15, -0.1) is 24.8 Å². The average Bonchev–Trinajstić information content (AvgIpc) is 2.54. The van der Waals surface area contributed by atoms with Gasteiger partial charge in [0.05, 0.1) is 11.1 Å². The van der Waals surface area contributed by atoms with Crippen molar-refractivity contribution in [2.24, 2.45) is 5.73 Å². The van der Waals surface area contributed by atoms with Gasteiger partial charge in [-0.2, -0.15) is 0 Å². The number of hydrogen-bond acceptors (Lipinski definition) is 4. The lowest BCUT2D eigenvalue weighted by atomic mass is 10.2. The van der Waals surface area contributed by atoms with Crippen LogP contribution in [0, 0.1) is 0 Å². The predicted octanol–water partition coefficient (Wildman–Crippen LogP) is 3.83. The summed E-state index contributed by atoms with van der Waals surface area (Å²) in [4.78, 5) is 15.8. The molecule has 0 fully saturated rings. The molecule has 1 atom stereocenters. The van der Waals surface area contributed by atoms with Gasteiger partial charge in [-0.05, 0) is 30.7 Å². The molecule has 0 unspecified atom stereocenters. The van der Waals surface area contributed by atoms with E-state index >= 15 is 0 Å². The number of pyridine rings is 1. The Morgan fingerprint density at radius 2 is 2.12 bits per heavy atom. The smallest absolute Gasteiger partial charge is 0.241 e. The fourth-order valence-electron chi connectivity index (χ4n) is 1.76. The average molecular weight is 393 g/mol. The van der Waals surface area contributed by atoms with Crippen LogP contribution in [0.4, 0.5) is 5.69 Å². The maximum atomic E-state index is 11.7. The molecule has 0 saturated heterocycles. The summed E-state index contributed by atoms with van der Waals surface area (Å²) in [5.41, 5.74) is 7.21. The number of carbonyl (C=O) groups excluding carboxylic acids is 1. The monoisotopic (exact) mass is 391 g/mol. The Morgan fingerprint density at radius 3 is 2.71 bits per heavy atom. The molecular weight excluding hydrogens is 373 g/mol. The summed E-state index contributed by atoms with van der Waals surface area (Å²) in [7, 11) is 0. The van der Waals surface area contributed by atoms with Gasteiger partial charge in [0.15, 0.2) is 0 Å². The minimum absolute atomic E-state index is 0. The second-order valence-corrected chi connectivity index (χ2v) is 5.21. The highest BCUT2D eigenvalue weighted by atomic mass is 35.5. The fourth-order valence-corrected chi connectivity index (χ4v) is 2.00. The molecule has 132 valence electrons. The normalized spacial score (nSPS) is 10.8. The predicted molar refractivity (Wildman–Crippen MR) is 101 cm³/mol. The molecule has 2 rings (SSSR count). The molecule has 0 bridgehead atoms. The zero-order chi connectivity index (χ0) is 15.9. The quantitative estimate of drug-likeness (QED) is 0.783. The van der Waals surface area contributed by atoms with Crippen molar-refractivity contribution in [1.82, 2.24) is 4.98 Å². The van der Waals surface area contributed by atoms with Crippen LogP contribution in [0.3, 0.4) is 0 Å². The number of nitrogens with two attached hydrogens (primary N) is 1. The highest BCUT2D eigenvalue weighted by Gasteiger charge is 2.12. The van der Waals surface area contributed by atoms with Crippen molar-refractivity contribution >= 4 is 48.0 Å². The SMILES string of the molecule is CC[C@H](N)C(=O)Nc1ccc(OCc2cccnc2)c(Cl)c1.Cl.Cl. The van der Waals surface area contributed by atoms with Gasteiger partial charge in [0.1, 0.15) is 12.4 Å². The molecule has 5 nitrogen and oxygen atoms in total. The van der Waals surface area contributed by atoms with Crippen molar-refractivity contribution in [3.63, 3.8) is 0 Å². The van der Waals surface area contributed by atoms with Crippen LogP contribution in [-0.4, -0.2) is 16.9 Å². The number of hydrogen-bond donors (Lipinski definition) is 2. The van der Waals surface area contributed by atoms with Gasteiger partial charge in [-0.25, -0.2) is 0 Å². The Balaban J connectivity index is 0.00000264. The Kier molecular flexibility index (Phi) is 10.4. The largest absolute Gasteiger partial charge is 0.487 e. The third kappa shape index (κ3) is 6.53. The number of carbonyl (C=O) groups is 1. The third-order valence-corrected chi connectivity index (χ3v) is 3.39. The zero-order valence-corrected chi connectivity index (χ0v) is 15.5. The molecule has 0 spiro atoms. The highest BCUT2D eigenvalue weighted by Crippen LogP contribution is 2.28. The van der Waals surface area contributed by atoms with Gasteiger partial charge in [-0.1, -0.05) is 24.6 Å². The van der Waals surface area contributed by atoms with E-state index < -0.39 is 6.04 Å². The second-order valence-electron chi connectivity index (χ2n) is 4.80. The van der Waals surface area contributed by atoms with Gasteiger partial charge >= 0.3 is 0 Å². The van der Waals surface area contributed by atoms with Crippen LogP contribution in [-0.2, 0) is 11.4 Å². The molecule has 8 heteroatoms. The van der Waals surface area contributed by atoms with Crippen LogP contribution in [0.2, 0.25) is 5.02 Å². The summed E-state index contributed by atoms with van der Waals surface area (Å²) < 4.78 is 5.64. The van der Waals surface area contributed by atoms with Crippen LogP contribution in [0.5, 0.6) is 5.75 Å². The molecular formula is C16H20Cl3N3O2. The van der Waals surface area contributed by atoms with Crippen molar-refractivity contribution in [3.05, 3.63) is 53.3 Å². The number of aromatic nitrogens is 1. The maximum Gasteiger partial charge on any atom is 0.241 e. The molecule has 0 aliphatic heterocycles. The molecule has 1 aromatic carbocycles. The first-order valence-corrected chi connectivity index (χ1v) is 7.35. The molecule has 0 aliphatic carbocycles. The first-order chi connectivity index (χ1) is 10.6. The highest BCUT2D eigenvalue weighted by molar-refractivity contribution is 6.32. The lowest BCUT2D eigenvalue weighted by Gasteiger charge is -2.12. The van der Waals surface area contributed by atoms with Crippen LogP contribution in [0.15, 0.2) is 42.7 Å². The Morgan fingerprint density at radius 1 is 1.38 bits per heavy atom. The minimum Gasteiger partial charge on any atom is -0.487 e. The van der Waals surface area contributed by atoms with E-state index in [2.05, 4.69) is 10.3 Å². The van der Waals surface area contributed by atoms with E-state index in [1.165, 1.54) is 0 Å². The van der Waals surface area contributed by atoms with Gasteiger partial charge in [0.2, 0.25) is 5.91 Å². The van der Waals surface area contributed by atoms with E-state index in [0.717, 1.165) is 5.56 Å². The van der Waals surface area contributed by atoms with Crippen molar-refractivity contribution in [3.8, 4) is 5.75 Å². The van der Waals surface area contributed by atoms with E-state index in [1.54, 1.807) is 30.6 Å². The second kappa shape index (κ2) is 11.1. The van der Waals surface area contributed by atoms with E-state index in [-0.39, 0.29) is 30.7 Å². The van der Waals surface area contributed by atoms with Crippen LogP contribution in [0.1, 0.15) is 18.9 Å². The van der Waals surface area contributed by atoms with Gasteiger partial charge in [0, 0.05) is 23.6 Å². The fraction of sp³-hybridized carbons (Fsp3) is 0.250. The molecule has 0 saturated carbocycles. The molecule has 2 aromatic rings. The molecule has 24 heavy (non-hydrogen) atoms. The van der Waals surface area contributed by atoms with Crippen molar-refractivity contribution < 1.29 is 9.53 Å². The number of nitrogens with zero attached hydrogens (tertiary/aromatic N) is 1. The van der Waals surface area contributed by atoms with Crippen molar-refractivity contribution in [2.45, 2.75) is 26.0 Å². The topological polar surface area (TPSA) is 77.2 Å². The minimum atomic E-state index is -0.528. The summed E-state index contributed by atoms with van der Waals surface area (Å²) in [5.74, 6) is 0.311. The number of halogens is 3. The van der Waals surface area contributed by atoms with Gasteiger partial charge in [0.25, 0.3) is 0 Å². The van der Waals surface area contributed by atoms with E-state index in [4.69, 9.17) is 22.1 Å². The van der Waals surface area contributed by atoms with E-state index in [0.29, 0.717) is 29.5 Å². The van der Waals surface area contributed by atoms with E-state index in [1.807, 2.05) is 19.1 Å². The van der Waals surface area contributed by atoms with Crippen molar-refractivity contribution in [1.29, 1.82) is 0 Å². The summed E-state index contributed by atoms with van der Waals surface area (Å²) in [5, 5.41) is 3.14. The maximum absolute atomic E-state index is 11.7. The Labute approximate surface area is 158 Å². The molecule has 3 N–H and O–H groups in total. The lowest BCUT2D eigenvalue weighted by Crippen LogP contribution is -2.34.